The predicted octanol–water partition coefficient (Wildman–Crippen LogP) is 3.88. The van der Waals surface area contributed by atoms with Crippen LogP contribution in [-0.4, -0.2) is 11.1 Å². The lowest BCUT2D eigenvalue weighted by molar-refractivity contribution is -0.131. The van der Waals surface area contributed by atoms with Crippen molar-refractivity contribution < 1.29 is 10.0 Å². The van der Waals surface area contributed by atoms with Gasteiger partial charge in [0.15, 0.2) is 0 Å². The Hall–Kier alpha value is -1.61. The van der Waals surface area contributed by atoms with Crippen LogP contribution < -0.4 is 5.06 Å². The first-order valence-corrected chi connectivity index (χ1v) is 6.04. The van der Waals surface area contributed by atoms with Crippen molar-refractivity contribution in [3.8, 4) is 0 Å². The van der Waals surface area contributed by atoms with E-state index in [9.17, 15) is 10.0 Å². The van der Waals surface area contributed by atoms with Crippen molar-refractivity contribution in [1.82, 2.24) is 0 Å². The SMILES string of the molecule is C/C=C(/C)c1ccc(N(O)C(=O)C(C)(C)C)cc1. The third-order valence-electron chi connectivity index (χ3n) is 2.83. The van der Waals surface area contributed by atoms with Gasteiger partial charge in [-0.15, -0.1) is 0 Å². The van der Waals surface area contributed by atoms with Crippen LogP contribution in [-0.2, 0) is 4.79 Å². The summed E-state index contributed by atoms with van der Waals surface area (Å²) < 4.78 is 0. The molecule has 0 heterocycles. The largest absolute Gasteiger partial charge is 0.281 e. The number of benzene rings is 1. The molecular weight excluding hydrogens is 226 g/mol. The Kier molecular flexibility index (Phi) is 4.30. The van der Waals surface area contributed by atoms with E-state index >= 15 is 0 Å². The Bertz CT molecular complexity index is 452. The first kappa shape index (κ1) is 14.5. The summed E-state index contributed by atoms with van der Waals surface area (Å²) in [5, 5.41) is 10.6. The first-order chi connectivity index (χ1) is 8.27. The number of allylic oxidation sites excluding steroid dienone is 2. The van der Waals surface area contributed by atoms with Crippen LogP contribution in [0.2, 0.25) is 0 Å². The molecule has 0 radical (unpaired) electrons. The molecule has 0 bridgehead atoms. The number of anilines is 1. The summed E-state index contributed by atoms with van der Waals surface area (Å²) in [6.07, 6.45) is 2.02. The van der Waals surface area contributed by atoms with Gasteiger partial charge in [0, 0.05) is 5.41 Å². The molecule has 0 spiro atoms. The highest BCUT2D eigenvalue weighted by Gasteiger charge is 2.27. The zero-order valence-corrected chi connectivity index (χ0v) is 11.7. The molecule has 3 heteroatoms. The van der Waals surface area contributed by atoms with Gasteiger partial charge in [-0.2, -0.15) is 5.06 Å². The quantitative estimate of drug-likeness (QED) is 0.636. The summed E-state index contributed by atoms with van der Waals surface area (Å²) in [6.45, 7) is 9.32. The van der Waals surface area contributed by atoms with Gasteiger partial charge in [0.1, 0.15) is 0 Å². The van der Waals surface area contributed by atoms with Crippen LogP contribution in [0, 0.1) is 5.41 Å². The lowest BCUT2D eigenvalue weighted by Crippen LogP contribution is -2.37. The highest BCUT2D eigenvalue weighted by atomic mass is 16.5. The normalized spacial score (nSPS) is 12.4. The number of carbonyl (C=O) groups excluding carboxylic acids is 1. The summed E-state index contributed by atoms with van der Waals surface area (Å²) in [5.74, 6) is -0.321. The number of hydroxylamine groups is 1. The predicted molar refractivity (Wildman–Crippen MR) is 74.5 cm³/mol. The Balaban J connectivity index is 2.96. The highest BCUT2D eigenvalue weighted by molar-refractivity contribution is 5.94. The molecule has 1 rings (SSSR count). The molecule has 0 aliphatic carbocycles. The van der Waals surface area contributed by atoms with Crippen LogP contribution in [0.1, 0.15) is 40.2 Å². The van der Waals surface area contributed by atoms with E-state index in [-0.39, 0.29) is 5.91 Å². The van der Waals surface area contributed by atoms with E-state index in [4.69, 9.17) is 0 Å². The molecule has 0 fully saturated rings. The van der Waals surface area contributed by atoms with Crippen molar-refractivity contribution in [2.45, 2.75) is 34.6 Å². The standard InChI is InChI=1S/C15H21NO2/c1-6-11(2)12-7-9-13(10-8-12)16(18)14(17)15(3,4)5/h6-10,18H,1-5H3/b11-6-. The zero-order valence-electron chi connectivity index (χ0n) is 11.7. The fourth-order valence-corrected chi connectivity index (χ4v) is 1.47. The van der Waals surface area contributed by atoms with E-state index in [0.717, 1.165) is 16.2 Å². The fraction of sp³-hybridized carbons (Fsp3) is 0.400. The molecule has 0 aliphatic heterocycles. The molecule has 0 aliphatic rings. The third kappa shape index (κ3) is 3.20. The van der Waals surface area contributed by atoms with E-state index in [0.29, 0.717) is 5.69 Å². The molecule has 1 aromatic rings. The van der Waals surface area contributed by atoms with Crippen LogP contribution in [0.5, 0.6) is 0 Å². The van der Waals surface area contributed by atoms with Crippen LogP contribution in [0.25, 0.3) is 5.57 Å². The molecule has 0 saturated heterocycles. The Morgan fingerprint density at radius 1 is 1.22 bits per heavy atom. The molecule has 1 amide bonds. The molecule has 0 unspecified atom stereocenters. The van der Waals surface area contributed by atoms with Crippen LogP contribution >= 0.6 is 0 Å². The molecule has 1 aromatic carbocycles. The number of hydrogen-bond acceptors (Lipinski definition) is 2. The van der Waals surface area contributed by atoms with Gasteiger partial charge in [-0.3, -0.25) is 10.0 Å². The van der Waals surface area contributed by atoms with Crippen molar-refractivity contribution in [1.29, 1.82) is 0 Å². The minimum Gasteiger partial charge on any atom is -0.281 e. The molecule has 98 valence electrons. The number of amides is 1. The molecule has 0 aromatic heterocycles. The maximum atomic E-state index is 11.9. The molecule has 1 N–H and O–H groups in total. The van der Waals surface area contributed by atoms with E-state index in [2.05, 4.69) is 0 Å². The van der Waals surface area contributed by atoms with Gasteiger partial charge in [-0.1, -0.05) is 39.0 Å². The van der Waals surface area contributed by atoms with Crippen molar-refractivity contribution in [2.75, 3.05) is 5.06 Å². The number of carbonyl (C=O) groups is 1. The van der Waals surface area contributed by atoms with E-state index in [1.165, 1.54) is 0 Å². The lowest BCUT2D eigenvalue weighted by Gasteiger charge is -2.24. The van der Waals surface area contributed by atoms with E-state index < -0.39 is 5.41 Å². The minimum absolute atomic E-state index is 0.321. The van der Waals surface area contributed by atoms with Crippen molar-refractivity contribution >= 4 is 17.2 Å². The highest BCUT2D eigenvalue weighted by Crippen LogP contribution is 2.23. The Morgan fingerprint density at radius 3 is 2.11 bits per heavy atom. The van der Waals surface area contributed by atoms with Gasteiger partial charge in [0.25, 0.3) is 5.91 Å². The van der Waals surface area contributed by atoms with Gasteiger partial charge < -0.3 is 0 Å². The number of hydrogen-bond donors (Lipinski definition) is 1. The number of nitrogens with zero attached hydrogens (tertiary/aromatic N) is 1. The van der Waals surface area contributed by atoms with Gasteiger partial charge in [0.05, 0.1) is 5.69 Å². The topological polar surface area (TPSA) is 40.5 Å². The molecule has 3 nitrogen and oxygen atoms in total. The molecule has 0 atom stereocenters. The van der Waals surface area contributed by atoms with Crippen LogP contribution in [0.4, 0.5) is 5.69 Å². The van der Waals surface area contributed by atoms with E-state index in [1.54, 1.807) is 32.9 Å². The maximum absolute atomic E-state index is 11.9. The monoisotopic (exact) mass is 247 g/mol. The second-order valence-electron chi connectivity index (χ2n) is 5.39. The summed E-state index contributed by atoms with van der Waals surface area (Å²) in [4.78, 5) is 11.9. The smallest absolute Gasteiger partial charge is 0.256 e. The first-order valence-electron chi connectivity index (χ1n) is 6.04. The minimum atomic E-state index is -0.605. The molecule has 18 heavy (non-hydrogen) atoms. The van der Waals surface area contributed by atoms with Gasteiger partial charge in [-0.05, 0) is 37.1 Å². The summed E-state index contributed by atoms with van der Waals surface area (Å²) in [7, 11) is 0. The second-order valence-corrected chi connectivity index (χ2v) is 5.39. The van der Waals surface area contributed by atoms with Crippen LogP contribution in [0.15, 0.2) is 30.3 Å². The fourth-order valence-electron chi connectivity index (χ4n) is 1.47. The molecular formula is C15H21NO2. The zero-order chi connectivity index (χ0) is 13.9. The summed E-state index contributed by atoms with van der Waals surface area (Å²) >= 11 is 0. The van der Waals surface area contributed by atoms with Crippen LogP contribution in [0.3, 0.4) is 0 Å². The van der Waals surface area contributed by atoms with E-state index in [1.807, 2.05) is 32.1 Å². The van der Waals surface area contributed by atoms with Gasteiger partial charge in [0.2, 0.25) is 0 Å². The van der Waals surface area contributed by atoms with Gasteiger partial charge >= 0.3 is 0 Å². The molecule has 0 saturated carbocycles. The number of rotatable bonds is 2. The summed E-state index contributed by atoms with van der Waals surface area (Å²) in [6, 6.07) is 7.27. The Labute approximate surface area is 109 Å². The average Bonchev–Trinajstić information content (AvgIpc) is 2.35. The lowest BCUT2D eigenvalue weighted by atomic mass is 9.95. The van der Waals surface area contributed by atoms with Crippen molar-refractivity contribution in [3.05, 3.63) is 35.9 Å². The Morgan fingerprint density at radius 2 is 1.72 bits per heavy atom. The maximum Gasteiger partial charge on any atom is 0.256 e. The summed E-state index contributed by atoms with van der Waals surface area (Å²) in [5.41, 5.74) is 2.13. The average molecular weight is 247 g/mol. The van der Waals surface area contributed by atoms with Gasteiger partial charge in [-0.25, -0.2) is 0 Å². The van der Waals surface area contributed by atoms with Crippen molar-refractivity contribution in [3.63, 3.8) is 0 Å². The third-order valence-corrected chi connectivity index (χ3v) is 2.83. The second kappa shape index (κ2) is 5.36. The van der Waals surface area contributed by atoms with Crippen molar-refractivity contribution in [2.24, 2.45) is 5.41 Å².